The third kappa shape index (κ3) is 2.55. The fraction of sp³-hybridized carbons (Fsp3) is 0.571. The predicted molar refractivity (Wildman–Crippen MR) is 65.5 cm³/mol. The van der Waals surface area contributed by atoms with Gasteiger partial charge in [0, 0.05) is 17.5 Å². The minimum Gasteiger partial charge on any atom is -0.329 e. The van der Waals surface area contributed by atoms with E-state index in [0.717, 1.165) is 25.0 Å². The summed E-state index contributed by atoms with van der Waals surface area (Å²) in [6.45, 7) is 2.10. The Kier molecular flexibility index (Phi) is 3.47. The molecule has 1 amide bonds. The molecule has 2 nitrogen and oxygen atoms in total. The van der Waals surface area contributed by atoms with E-state index < -0.39 is 0 Å². The molecule has 0 unspecified atom stereocenters. The third-order valence-electron chi connectivity index (χ3n) is 3.65. The van der Waals surface area contributed by atoms with Gasteiger partial charge in [0.25, 0.3) is 0 Å². The zero-order valence-corrected chi connectivity index (χ0v) is 9.96. The summed E-state index contributed by atoms with van der Waals surface area (Å²) in [5.74, 6) is 0.199. The molecule has 87 valence electrons. The minimum absolute atomic E-state index is 0.145. The number of carbonyl (C=O) groups is 1. The molecular weight excluding hydrogens is 198 g/mol. The highest BCUT2D eigenvalue weighted by Crippen LogP contribution is 2.36. The predicted octanol–water partition coefficient (Wildman–Crippen LogP) is 3.12. The summed E-state index contributed by atoms with van der Waals surface area (Å²) < 4.78 is 0. The van der Waals surface area contributed by atoms with Gasteiger partial charge in [-0.05, 0) is 25.3 Å². The number of carbonyl (C=O) groups excluding carboxylic acids is 1. The molecule has 2 aliphatic carbocycles. The van der Waals surface area contributed by atoms with E-state index >= 15 is 0 Å². The highest BCUT2D eigenvalue weighted by atomic mass is 16.2. The van der Waals surface area contributed by atoms with E-state index in [1.54, 1.807) is 0 Å². The highest BCUT2D eigenvalue weighted by Gasteiger charge is 2.34. The van der Waals surface area contributed by atoms with Gasteiger partial charge in [-0.3, -0.25) is 4.79 Å². The van der Waals surface area contributed by atoms with Crippen LogP contribution in [0.4, 0.5) is 0 Å². The van der Waals surface area contributed by atoms with Crippen LogP contribution in [0.2, 0.25) is 0 Å². The molecule has 0 saturated heterocycles. The molecule has 1 saturated carbocycles. The van der Waals surface area contributed by atoms with Crippen LogP contribution in [0.1, 0.15) is 45.4 Å². The zero-order chi connectivity index (χ0) is 11.4. The maximum absolute atomic E-state index is 12.2. The van der Waals surface area contributed by atoms with Crippen molar-refractivity contribution in [2.45, 2.75) is 45.4 Å². The van der Waals surface area contributed by atoms with Gasteiger partial charge in [0.15, 0.2) is 0 Å². The summed E-state index contributed by atoms with van der Waals surface area (Å²) in [6.07, 6.45) is 14.7. The number of amides is 1. The van der Waals surface area contributed by atoms with Crippen molar-refractivity contribution in [3.8, 4) is 0 Å². The van der Waals surface area contributed by atoms with E-state index in [9.17, 15) is 4.79 Å². The van der Waals surface area contributed by atoms with Crippen LogP contribution in [-0.2, 0) is 4.79 Å². The van der Waals surface area contributed by atoms with Crippen LogP contribution >= 0.6 is 0 Å². The highest BCUT2D eigenvalue weighted by molar-refractivity contribution is 5.84. The third-order valence-corrected chi connectivity index (χ3v) is 3.65. The van der Waals surface area contributed by atoms with Crippen LogP contribution in [0.5, 0.6) is 0 Å². The van der Waals surface area contributed by atoms with Gasteiger partial charge in [0.1, 0.15) is 0 Å². The Bertz CT molecular complexity index is 322. The molecule has 1 N–H and O–H groups in total. The second kappa shape index (κ2) is 4.86. The van der Waals surface area contributed by atoms with Gasteiger partial charge in [0.05, 0.1) is 0 Å². The van der Waals surface area contributed by atoms with Crippen LogP contribution in [0.3, 0.4) is 0 Å². The second-order valence-electron chi connectivity index (χ2n) is 5.07. The lowest BCUT2D eigenvalue weighted by atomic mass is 9.75. The molecule has 0 bridgehead atoms. The van der Waals surface area contributed by atoms with Gasteiger partial charge < -0.3 is 5.32 Å². The van der Waals surface area contributed by atoms with Crippen molar-refractivity contribution in [2.75, 3.05) is 0 Å². The second-order valence-corrected chi connectivity index (χ2v) is 5.07. The first kappa shape index (κ1) is 11.4. The average Bonchev–Trinajstić information content (AvgIpc) is 2.31. The maximum atomic E-state index is 12.2. The van der Waals surface area contributed by atoms with Crippen molar-refractivity contribution in [1.29, 1.82) is 0 Å². The fourth-order valence-corrected chi connectivity index (χ4v) is 2.45. The SMILES string of the molecule is CC1(C(=O)NC2=CC=CC[CH]2)CCCCC1. The van der Waals surface area contributed by atoms with Gasteiger partial charge in [-0.1, -0.05) is 38.3 Å². The maximum Gasteiger partial charge on any atom is 0.230 e. The quantitative estimate of drug-likeness (QED) is 0.758. The van der Waals surface area contributed by atoms with E-state index in [-0.39, 0.29) is 11.3 Å². The van der Waals surface area contributed by atoms with Gasteiger partial charge in [0.2, 0.25) is 5.91 Å². The van der Waals surface area contributed by atoms with Gasteiger partial charge >= 0.3 is 0 Å². The number of allylic oxidation sites excluding steroid dienone is 4. The molecule has 0 aromatic carbocycles. The standard InChI is InChI=1S/C14H20NO/c1-14(10-6-3-7-11-14)13(16)15-12-8-4-2-5-9-12/h2,4,8-9H,3,5-7,10-11H2,1H3,(H,15,16). The lowest BCUT2D eigenvalue weighted by Gasteiger charge is -2.32. The number of hydrogen-bond acceptors (Lipinski definition) is 1. The number of hydrogen-bond donors (Lipinski definition) is 1. The van der Waals surface area contributed by atoms with Crippen molar-refractivity contribution in [2.24, 2.45) is 5.41 Å². The lowest BCUT2D eigenvalue weighted by molar-refractivity contribution is -0.131. The van der Waals surface area contributed by atoms with Crippen LogP contribution in [-0.4, -0.2) is 5.91 Å². The molecule has 1 radical (unpaired) electrons. The first-order valence-corrected chi connectivity index (χ1v) is 6.22. The summed E-state index contributed by atoms with van der Waals surface area (Å²) in [7, 11) is 0. The Balaban J connectivity index is 1.96. The zero-order valence-electron chi connectivity index (χ0n) is 9.96. The Morgan fingerprint density at radius 2 is 2.06 bits per heavy atom. The summed E-state index contributed by atoms with van der Waals surface area (Å²) in [6, 6.07) is 0. The topological polar surface area (TPSA) is 29.1 Å². The Morgan fingerprint density at radius 3 is 2.69 bits per heavy atom. The monoisotopic (exact) mass is 218 g/mol. The van der Waals surface area contributed by atoms with Gasteiger partial charge in [-0.25, -0.2) is 0 Å². The van der Waals surface area contributed by atoms with Gasteiger partial charge in [-0.2, -0.15) is 0 Å². The molecule has 2 aliphatic rings. The fourth-order valence-electron chi connectivity index (χ4n) is 2.45. The van der Waals surface area contributed by atoms with Crippen LogP contribution in [0, 0.1) is 11.8 Å². The van der Waals surface area contributed by atoms with E-state index in [1.807, 2.05) is 12.2 Å². The molecule has 0 aliphatic heterocycles. The molecule has 2 heteroatoms. The number of rotatable bonds is 2. The minimum atomic E-state index is -0.145. The largest absolute Gasteiger partial charge is 0.329 e. The Labute approximate surface area is 97.8 Å². The molecule has 0 atom stereocenters. The van der Waals surface area contributed by atoms with Crippen LogP contribution in [0.15, 0.2) is 23.9 Å². The Hall–Kier alpha value is -1.05. The van der Waals surface area contributed by atoms with Gasteiger partial charge in [-0.15, -0.1) is 0 Å². The normalized spacial score (nSPS) is 23.7. The molecule has 0 spiro atoms. The summed E-state index contributed by atoms with van der Waals surface area (Å²) >= 11 is 0. The van der Waals surface area contributed by atoms with Crippen molar-refractivity contribution in [3.05, 3.63) is 30.3 Å². The van der Waals surface area contributed by atoms with E-state index in [2.05, 4.69) is 24.7 Å². The molecule has 0 aromatic heterocycles. The number of nitrogens with one attached hydrogen (secondary N) is 1. The molecule has 16 heavy (non-hydrogen) atoms. The van der Waals surface area contributed by atoms with Crippen molar-refractivity contribution in [3.63, 3.8) is 0 Å². The molecule has 0 heterocycles. The van der Waals surface area contributed by atoms with Crippen LogP contribution in [0.25, 0.3) is 0 Å². The van der Waals surface area contributed by atoms with Crippen molar-refractivity contribution in [1.82, 2.24) is 5.32 Å². The van der Waals surface area contributed by atoms with Crippen molar-refractivity contribution < 1.29 is 4.79 Å². The first-order chi connectivity index (χ1) is 7.71. The summed E-state index contributed by atoms with van der Waals surface area (Å²) in [4.78, 5) is 12.2. The van der Waals surface area contributed by atoms with E-state index in [1.165, 1.54) is 19.3 Å². The van der Waals surface area contributed by atoms with E-state index in [0.29, 0.717) is 0 Å². The molecular formula is C14H20NO. The average molecular weight is 218 g/mol. The summed E-state index contributed by atoms with van der Waals surface area (Å²) in [5, 5.41) is 3.04. The smallest absolute Gasteiger partial charge is 0.230 e. The Morgan fingerprint density at radius 1 is 1.31 bits per heavy atom. The lowest BCUT2D eigenvalue weighted by Crippen LogP contribution is -2.40. The molecule has 2 rings (SSSR count). The van der Waals surface area contributed by atoms with E-state index in [4.69, 9.17) is 0 Å². The first-order valence-electron chi connectivity index (χ1n) is 6.22. The summed E-state index contributed by atoms with van der Waals surface area (Å²) in [5.41, 5.74) is 0.813. The van der Waals surface area contributed by atoms with Crippen molar-refractivity contribution >= 4 is 5.91 Å². The molecule has 0 aromatic rings. The molecule has 1 fully saturated rings. The van der Waals surface area contributed by atoms with Crippen LogP contribution < -0.4 is 5.32 Å².